The summed E-state index contributed by atoms with van der Waals surface area (Å²) in [5.74, 6) is -0.500. The summed E-state index contributed by atoms with van der Waals surface area (Å²) in [6.07, 6.45) is 1.32. The van der Waals surface area contributed by atoms with Crippen molar-refractivity contribution in [2.75, 3.05) is 6.54 Å². The molecule has 0 spiro atoms. The minimum Gasteiger partial charge on any atom is -0.365 e. The molecule has 2 aromatic rings. The topological polar surface area (TPSA) is 107 Å². The third-order valence-electron chi connectivity index (χ3n) is 3.16. The number of hydrogen-bond acceptors (Lipinski definition) is 5. The SMILES string of the molecule is Cc1c(C(N)=O)sc2ncn(CC(=O)NCC(C)C)c(=O)c12. The summed E-state index contributed by atoms with van der Waals surface area (Å²) in [6.45, 7) is 6.08. The highest BCUT2D eigenvalue weighted by molar-refractivity contribution is 7.20. The van der Waals surface area contributed by atoms with Gasteiger partial charge in [0.05, 0.1) is 16.6 Å². The van der Waals surface area contributed by atoms with Crippen molar-refractivity contribution in [2.45, 2.75) is 27.3 Å². The lowest BCUT2D eigenvalue weighted by molar-refractivity contribution is -0.121. The van der Waals surface area contributed by atoms with Crippen LogP contribution in [0.1, 0.15) is 29.1 Å². The lowest BCUT2D eigenvalue weighted by Gasteiger charge is -2.09. The molecule has 0 saturated heterocycles. The van der Waals surface area contributed by atoms with Gasteiger partial charge in [-0.3, -0.25) is 19.0 Å². The van der Waals surface area contributed by atoms with Crippen LogP contribution in [0.3, 0.4) is 0 Å². The Morgan fingerprint density at radius 2 is 2.14 bits per heavy atom. The predicted octanol–water partition coefficient (Wildman–Crippen LogP) is 0.638. The Labute approximate surface area is 131 Å². The van der Waals surface area contributed by atoms with Crippen LogP contribution < -0.4 is 16.6 Å². The van der Waals surface area contributed by atoms with Gasteiger partial charge in [-0.25, -0.2) is 4.98 Å². The molecule has 118 valence electrons. The maximum Gasteiger partial charge on any atom is 0.262 e. The quantitative estimate of drug-likeness (QED) is 0.842. The van der Waals surface area contributed by atoms with Crippen molar-refractivity contribution in [1.29, 1.82) is 0 Å². The van der Waals surface area contributed by atoms with E-state index in [4.69, 9.17) is 5.73 Å². The van der Waals surface area contributed by atoms with Gasteiger partial charge in [0.1, 0.15) is 11.4 Å². The number of thiophene rings is 1. The smallest absolute Gasteiger partial charge is 0.262 e. The molecule has 0 atom stereocenters. The fourth-order valence-corrected chi connectivity index (χ4v) is 3.03. The van der Waals surface area contributed by atoms with Gasteiger partial charge in [-0.05, 0) is 18.4 Å². The van der Waals surface area contributed by atoms with E-state index >= 15 is 0 Å². The average molecular weight is 322 g/mol. The molecule has 0 aliphatic heterocycles. The summed E-state index contributed by atoms with van der Waals surface area (Å²) in [6, 6.07) is 0. The number of aryl methyl sites for hydroxylation is 1. The zero-order chi connectivity index (χ0) is 16.4. The Bertz CT molecular complexity index is 791. The maximum absolute atomic E-state index is 12.5. The molecule has 2 heterocycles. The molecule has 2 amide bonds. The third-order valence-corrected chi connectivity index (χ3v) is 4.38. The van der Waals surface area contributed by atoms with Gasteiger partial charge < -0.3 is 11.1 Å². The van der Waals surface area contributed by atoms with Gasteiger partial charge in [0.25, 0.3) is 11.5 Å². The molecule has 7 nitrogen and oxygen atoms in total. The number of aromatic nitrogens is 2. The van der Waals surface area contributed by atoms with Crippen LogP contribution in [-0.4, -0.2) is 27.9 Å². The summed E-state index contributed by atoms with van der Waals surface area (Å²) in [4.78, 5) is 40.6. The molecule has 0 saturated carbocycles. The summed E-state index contributed by atoms with van der Waals surface area (Å²) in [5.41, 5.74) is 5.46. The van der Waals surface area contributed by atoms with E-state index in [2.05, 4.69) is 10.3 Å². The van der Waals surface area contributed by atoms with Crippen molar-refractivity contribution >= 4 is 33.4 Å². The van der Waals surface area contributed by atoms with E-state index in [-0.39, 0.29) is 18.0 Å². The van der Waals surface area contributed by atoms with Crippen molar-refractivity contribution in [2.24, 2.45) is 11.7 Å². The van der Waals surface area contributed by atoms with Gasteiger partial charge >= 0.3 is 0 Å². The molecular formula is C14H18N4O3S. The number of fused-ring (bicyclic) bond motifs is 1. The van der Waals surface area contributed by atoms with Crippen LogP contribution in [0, 0.1) is 12.8 Å². The first-order chi connectivity index (χ1) is 10.3. The number of carbonyl (C=O) groups excluding carboxylic acids is 2. The monoisotopic (exact) mass is 322 g/mol. The second-order valence-corrected chi connectivity index (χ2v) is 6.48. The number of amides is 2. The Hall–Kier alpha value is -2.22. The van der Waals surface area contributed by atoms with E-state index in [0.29, 0.717) is 33.1 Å². The number of nitrogens with two attached hydrogens (primary N) is 1. The summed E-state index contributed by atoms with van der Waals surface area (Å²) in [7, 11) is 0. The Morgan fingerprint density at radius 1 is 1.45 bits per heavy atom. The molecule has 0 fully saturated rings. The number of hydrogen-bond donors (Lipinski definition) is 2. The molecule has 0 radical (unpaired) electrons. The van der Waals surface area contributed by atoms with Crippen molar-refractivity contribution in [1.82, 2.24) is 14.9 Å². The van der Waals surface area contributed by atoms with E-state index in [1.54, 1.807) is 6.92 Å². The summed E-state index contributed by atoms with van der Waals surface area (Å²) >= 11 is 1.09. The highest BCUT2D eigenvalue weighted by Crippen LogP contribution is 2.26. The Balaban J connectivity index is 2.35. The van der Waals surface area contributed by atoms with Gasteiger partial charge in [-0.1, -0.05) is 13.8 Å². The first-order valence-corrected chi connectivity index (χ1v) is 7.68. The standard InChI is InChI=1S/C14H18N4O3S/c1-7(2)4-16-9(19)5-18-6-17-13-10(14(18)21)8(3)11(22-13)12(15)20/h6-7H,4-5H2,1-3H3,(H2,15,20)(H,16,19). The van der Waals surface area contributed by atoms with E-state index in [9.17, 15) is 14.4 Å². The fraction of sp³-hybridized carbons (Fsp3) is 0.429. The second kappa shape index (κ2) is 6.27. The van der Waals surface area contributed by atoms with Crippen molar-refractivity contribution in [3.8, 4) is 0 Å². The number of carbonyl (C=O) groups is 2. The third kappa shape index (κ3) is 3.16. The normalized spacial score (nSPS) is 11.1. The predicted molar refractivity (Wildman–Crippen MR) is 85.0 cm³/mol. The molecule has 0 unspecified atom stereocenters. The van der Waals surface area contributed by atoms with Crippen LogP contribution in [0.5, 0.6) is 0 Å². The molecule has 8 heteroatoms. The molecular weight excluding hydrogens is 304 g/mol. The van der Waals surface area contributed by atoms with Gasteiger partial charge in [-0.15, -0.1) is 11.3 Å². The molecule has 2 rings (SSSR count). The molecule has 0 aliphatic rings. The van der Waals surface area contributed by atoms with Crippen LogP contribution in [0.15, 0.2) is 11.1 Å². The fourth-order valence-electron chi connectivity index (χ4n) is 2.04. The van der Waals surface area contributed by atoms with Crippen LogP contribution in [0.2, 0.25) is 0 Å². The van der Waals surface area contributed by atoms with Crippen LogP contribution in [-0.2, 0) is 11.3 Å². The van der Waals surface area contributed by atoms with Crippen molar-refractivity contribution < 1.29 is 9.59 Å². The largest absolute Gasteiger partial charge is 0.365 e. The summed E-state index contributed by atoms with van der Waals surface area (Å²) in [5, 5.41) is 3.09. The van der Waals surface area contributed by atoms with Gasteiger partial charge in [0.2, 0.25) is 5.91 Å². The van der Waals surface area contributed by atoms with E-state index < -0.39 is 5.91 Å². The minimum absolute atomic E-state index is 0.102. The lowest BCUT2D eigenvalue weighted by atomic mass is 10.2. The first kappa shape index (κ1) is 16.2. The summed E-state index contributed by atoms with van der Waals surface area (Å²) < 4.78 is 1.24. The zero-order valence-electron chi connectivity index (χ0n) is 12.7. The highest BCUT2D eigenvalue weighted by Gasteiger charge is 2.18. The van der Waals surface area contributed by atoms with Crippen LogP contribution >= 0.6 is 11.3 Å². The Kier molecular flexibility index (Phi) is 4.60. The minimum atomic E-state index is -0.582. The van der Waals surface area contributed by atoms with E-state index in [0.717, 1.165) is 11.3 Å². The number of rotatable bonds is 5. The average Bonchev–Trinajstić information content (AvgIpc) is 2.78. The molecule has 22 heavy (non-hydrogen) atoms. The van der Waals surface area contributed by atoms with Gasteiger partial charge in [-0.2, -0.15) is 0 Å². The van der Waals surface area contributed by atoms with E-state index in [1.165, 1.54) is 10.9 Å². The molecule has 0 aromatic carbocycles. The van der Waals surface area contributed by atoms with Gasteiger partial charge in [0, 0.05) is 6.54 Å². The van der Waals surface area contributed by atoms with Crippen molar-refractivity contribution in [3.63, 3.8) is 0 Å². The molecule has 0 aliphatic carbocycles. The molecule has 2 aromatic heterocycles. The highest BCUT2D eigenvalue weighted by atomic mass is 32.1. The van der Waals surface area contributed by atoms with Crippen molar-refractivity contribution in [3.05, 3.63) is 27.1 Å². The lowest BCUT2D eigenvalue weighted by Crippen LogP contribution is -2.34. The number of nitrogens with zero attached hydrogens (tertiary/aromatic N) is 2. The molecule has 0 bridgehead atoms. The Morgan fingerprint density at radius 3 is 2.73 bits per heavy atom. The number of primary amides is 1. The second-order valence-electron chi connectivity index (χ2n) is 5.48. The van der Waals surface area contributed by atoms with Crippen LogP contribution in [0.4, 0.5) is 0 Å². The number of nitrogens with one attached hydrogen (secondary N) is 1. The zero-order valence-corrected chi connectivity index (χ0v) is 13.5. The van der Waals surface area contributed by atoms with Crippen LogP contribution in [0.25, 0.3) is 10.2 Å². The maximum atomic E-state index is 12.5. The van der Waals surface area contributed by atoms with Gasteiger partial charge in [0.15, 0.2) is 0 Å². The first-order valence-electron chi connectivity index (χ1n) is 6.86. The molecule has 3 N–H and O–H groups in total. The van der Waals surface area contributed by atoms with E-state index in [1.807, 2.05) is 13.8 Å².